The number of nitrogens with one attached hydrogen (secondary N) is 1. The molecule has 7 heteroatoms. The summed E-state index contributed by atoms with van der Waals surface area (Å²) in [6, 6.07) is 7.69. The molecule has 0 fully saturated rings. The summed E-state index contributed by atoms with van der Waals surface area (Å²) in [7, 11) is 0. The third kappa shape index (κ3) is 2.86. The molecular formula is C14H11NO6. The van der Waals surface area contributed by atoms with Gasteiger partial charge in [0, 0.05) is 5.56 Å². The highest BCUT2D eigenvalue weighted by Gasteiger charge is 2.16. The van der Waals surface area contributed by atoms with Crippen molar-refractivity contribution in [3.05, 3.63) is 47.5 Å². The van der Waals surface area contributed by atoms with Crippen LogP contribution in [0.3, 0.4) is 0 Å². The summed E-state index contributed by atoms with van der Waals surface area (Å²) in [5.41, 5.74) is -0.164. The van der Waals surface area contributed by atoms with Crippen molar-refractivity contribution >= 4 is 17.6 Å². The normalized spacial score (nSPS) is 10.1. The van der Waals surface area contributed by atoms with Crippen LogP contribution in [0.2, 0.25) is 0 Å². The zero-order valence-electron chi connectivity index (χ0n) is 10.6. The summed E-state index contributed by atoms with van der Waals surface area (Å²) >= 11 is 0. The number of aromatic carboxylic acids is 1. The number of phenolic OH excluding ortho intramolecular Hbond substituents is 3. The first-order valence-corrected chi connectivity index (χ1v) is 5.78. The SMILES string of the molecule is O=C(Nc1ccccc1C(=O)O)c1cc(O)c(O)c(O)c1. The van der Waals surface area contributed by atoms with Crippen LogP contribution in [-0.2, 0) is 0 Å². The quantitative estimate of drug-likeness (QED) is 0.548. The summed E-state index contributed by atoms with van der Waals surface area (Å²) in [6.45, 7) is 0. The Hall–Kier alpha value is -3.22. The summed E-state index contributed by atoms with van der Waals surface area (Å²) in [4.78, 5) is 23.0. The van der Waals surface area contributed by atoms with E-state index in [-0.39, 0.29) is 16.8 Å². The highest BCUT2D eigenvalue weighted by atomic mass is 16.4. The van der Waals surface area contributed by atoms with Gasteiger partial charge in [-0.05, 0) is 24.3 Å². The number of carboxylic acids is 1. The molecule has 0 radical (unpaired) electrons. The van der Waals surface area contributed by atoms with Gasteiger partial charge in [-0.2, -0.15) is 0 Å². The van der Waals surface area contributed by atoms with Crippen molar-refractivity contribution < 1.29 is 30.0 Å². The number of phenols is 3. The Morgan fingerprint density at radius 2 is 1.52 bits per heavy atom. The third-order valence-corrected chi connectivity index (χ3v) is 2.74. The molecule has 108 valence electrons. The number of anilines is 1. The van der Waals surface area contributed by atoms with Crippen LogP contribution in [0.5, 0.6) is 17.2 Å². The van der Waals surface area contributed by atoms with E-state index in [9.17, 15) is 24.9 Å². The second-order valence-electron chi connectivity index (χ2n) is 4.17. The molecule has 0 unspecified atom stereocenters. The van der Waals surface area contributed by atoms with E-state index in [1.54, 1.807) is 6.07 Å². The highest BCUT2D eigenvalue weighted by Crippen LogP contribution is 2.35. The first-order valence-electron chi connectivity index (χ1n) is 5.78. The lowest BCUT2D eigenvalue weighted by Crippen LogP contribution is -2.14. The second kappa shape index (κ2) is 5.41. The molecule has 21 heavy (non-hydrogen) atoms. The Morgan fingerprint density at radius 1 is 0.952 bits per heavy atom. The molecule has 2 aromatic rings. The minimum atomic E-state index is -1.21. The molecule has 0 bridgehead atoms. The highest BCUT2D eigenvalue weighted by molar-refractivity contribution is 6.08. The zero-order chi connectivity index (χ0) is 15.6. The van der Waals surface area contributed by atoms with Crippen molar-refractivity contribution in [1.82, 2.24) is 0 Å². The molecule has 0 spiro atoms. The van der Waals surface area contributed by atoms with Crippen LogP contribution in [-0.4, -0.2) is 32.3 Å². The molecule has 2 aromatic carbocycles. The van der Waals surface area contributed by atoms with Gasteiger partial charge >= 0.3 is 5.97 Å². The van der Waals surface area contributed by atoms with Gasteiger partial charge in [0.1, 0.15) is 0 Å². The van der Waals surface area contributed by atoms with Gasteiger partial charge in [-0.1, -0.05) is 12.1 Å². The minimum Gasteiger partial charge on any atom is -0.504 e. The number of carbonyl (C=O) groups excluding carboxylic acids is 1. The fraction of sp³-hybridized carbons (Fsp3) is 0. The van der Waals surface area contributed by atoms with Gasteiger partial charge < -0.3 is 25.7 Å². The van der Waals surface area contributed by atoms with E-state index in [0.717, 1.165) is 12.1 Å². The number of hydrogen-bond acceptors (Lipinski definition) is 5. The van der Waals surface area contributed by atoms with Crippen LogP contribution < -0.4 is 5.32 Å². The number of carbonyl (C=O) groups is 2. The Labute approximate surface area is 118 Å². The summed E-state index contributed by atoms with van der Waals surface area (Å²) in [6.07, 6.45) is 0. The van der Waals surface area contributed by atoms with Gasteiger partial charge in [-0.15, -0.1) is 0 Å². The van der Waals surface area contributed by atoms with Gasteiger partial charge in [0.25, 0.3) is 5.91 Å². The monoisotopic (exact) mass is 289 g/mol. The van der Waals surface area contributed by atoms with Crippen molar-refractivity contribution in [3.8, 4) is 17.2 Å². The molecule has 0 heterocycles. The maximum atomic E-state index is 12.0. The van der Waals surface area contributed by atoms with E-state index in [1.165, 1.54) is 18.2 Å². The number of aromatic hydroxyl groups is 3. The number of amides is 1. The maximum Gasteiger partial charge on any atom is 0.337 e. The Morgan fingerprint density at radius 3 is 2.10 bits per heavy atom. The lowest BCUT2D eigenvalue weighted by atomic mass is 10.1. The number of carboxylic acid groups (broad SMARTS) is 1. The predicted octanol–water partition coefficient (Wildman–Crippen LogP) is 1.75. The van der Waals surface area contributed by atoms with Crippen LogP contribution >= 0.6 is 0 Å². The molecule has 0 aliphatic heterocycles. The van der Waals surface area contributed by atoms with E-state index in [0.29, 0.717) is 0 Å². The van der Waals surface area contributed by atoms with Crippen molar-refractivity contribution in [1.29, 1.82) is 0 Å². The van der Waals surface area contributed by atoms with Crippen LogP contribution in [0.15, 0.2) is 36.4 Å². The lowest BCUT2D eigenvalue weighted by Gasteiger charge is -2.09. The van der Waals surface area contributed by atoms with Crippen LogP contribution in [0.25, 0.3) is 0 Å². The lowest BCUT2D eigenvalue weighted by molar-refractivity contribution is 0.0698. The van der Waals surface area contributed by atoms with E-state index < -0.39 is 29.1 Å². The molecule has 0 aliphatic rings. The third-order valence-electron chi connectivity index (χ3n) is 2.74. The van der Waals surface area contributed by atoms with Crippen molar-refractivity contribution in [3.63, 3.8) is 0 Å². The molecule has 2 rings (SSSR count). The Bertz CT molecular complexity index is 702. The van der Waals surface area contributed by atoms with Gasteiger partial charge in [0.2, 0.25) is 0 Å². The van der Waals surface area contributed by atoms with Crippen LogP contribution in [0, 0.1) is 0 Å². The summed E-state index contributed by atoms with van der Waals surface area (Å²) in [5, 5.41) is 39.3. The standard InChI is InChI=1S/C14H11NO6/c16-10-5-7(6-11(17)12(10)18)13(19)15-9-4-2-1-3-8(9)14(20)21/h1-6,16-18H,(H,15,19)(H,20,21). The molecule has 0 aromatic heterocycles. The topological polar surface area (TPSA) is 127 Å². The molecule has 0 aliphatic carbocycles. The van der Waals surface area contributed by atoms with Gasteiger partial charge in [-0.25, -0.2) is 4.79 Å². The fourth-order valence-electron chi connectivity index (χ4n) is 1.71. The number of hydrogen-bond donors (Lipinski definition) is 5. The molecule has 5 N–H and O–H groups in total. The molecule has 1 amide bonds. The zero-order valence-corrected chi connectivity index (χ0v) is 10.6. The number of rotatable bonds is 3. The smallest absolute Gasteiger partial charge is 0.337 e. The van der Waals surface area contributed by atoms with E-state index in [1.807, 2.05) is 0 Å². The Kier molecular flexibility index (Phi) is 3.66. The van der Waals surface area contributed by atoms with Crippen molar-refractivity contribution in [2.45, 2.75) is 0 Å². The van der Waals surface area contributed by atoms with Crippen molar-refractivity contribution in [2.75, 3.05) is 5.32 Å². The van der Waals surface area contributed by atoms with Gasteiger partial charge in [0.05, 0.1) is 11.3 Å². The maximum absolute atomic E-state index is 12.0. The minimum absolute atomic E-state index is 0.0713. The molecular weight excluding hydrogens is 278 g/mol. The van der Waals surface area contributed by atoms with E-state index >= 15 is 0 Å². The van der Waals surface area contributed by atoms with E-state index in [2.05, 4.69) is 5.32 Å². The van der Waals surface area contributed by atoms with Gasteiger partial charge in [-0.3, -0.25) is 4.79 Å². The average Bonchev–Trinajstić information content (AvgIpc) is 2.44. The second-order valence-corrected chi connectivity index (χ2v) is 4.17. The van der Waals surface area contributed by atoms with Gasteiger partial charge in [0.15, 0.2) is 17.2 Å². The van der Waals surface area contributed by atoms with Crippen LogP contribution in [0.4, 0.5) is 5.69 Å². The van der Waals surface area contributed by atoms with E-state index in [4.69, 9.17) is 5.11 Å². The van der Waals surface area contributed by atoms with Crippen LogP contribution in [0.1, 0.15) is 20.7 Å². The fourth-order valence-corrected chi connectivity index (χ4v) is 1.71. The van der Waals surface area contributed by atoms with Crippen molar-refractivity contribution in [2.24, 2.45) is 0 Å². The first kappa shape index (κ1) is 14.2. The molecule has 0 saturated heterocycles. The predicted molar refractivity (Wildman–Crippen MR) is 72.8 cm³/mol. The number of para-hydroxylation sites is 1. The summed E-state index contributed by atoms with van der Waals surface area (Å²) in [5.74, 6) is -4.01. The molecule has 7 nitrogen and oxygen atoms in total. The largest absolute Gasteiger partial charge is 0.504 e. The first-order chi connectivity index (χ1) is 9.90. The average molecular weight is 289 g/mol. The summed E-state index contributed by atoms with van der Waals surface area (Å²) < 4.78 is 0. The molecule has 0 saturated carbocycles. The number of benzene rings is 2. The Balaban J connectivity index is 2.33. The molecule has 0 atom stereocenters.